The Morgan fingerprint density at radius 3 is 1.07 bits per heavy atom. The minimum Gasteiger partial charge on any atom is -0.283 e. The monoisotopic (exact) mass is 482 g/mol. The van der Waals surface area contributed by atoms with Gasteiger partial charge in [-0.15, -0.1) is 0 Å². The normalized spacial score (nSPS) is 19.3. The SMILES string of the molecule is O=S(=O)(O)C(F)(C(F)C(F)(F)F)C(F)(F)C(F)(F)C(F)(F)C(F)(F)C(F)(F)F. The van der Waals surface area contributed by atoms with Crippen LogP contribution in [-0.4, -0.2) is 60.2 Å². The molecule has 3 nitrogen and oxygen atoms in total. The minimum absolute atomic E-state index is 6.51. The molecule has 20 heteroatoms. The van der Waals surface area contributed by atoms with Gasteiger partial charge in [0.2, 0.25) is 0 Å². The van der Waals surface area contributed by atoms with Gasteiger partial charge < -0.3 is 0 Å². The standard InChI is InChI=1S/C8H2F16O3S/c9-1(3(11,12)13)2(10,28(25,26)27)4(14,15)5(16,17)6(18,19)7(20,21)8(22,23)24/h1H,(H,25,26,27). The molecule has 0 aromatic rings. The van der Waals surface area contributed by atoms with Crippen LogP contribution >= 0.6 is 0 Å². The lowest BCUT2D eigenvalue weighted by Gasteiger charge is -2.42. The first-order chi connectivity index (χ1) is 11.7. The van der Waals surface area contributed by atoms with Gasteiger partial charge in [-0.2, -0.15) is 69.9 Å². The summed E-state index contributed by atoms with van der Waals surface area (Å²) >= 11 is 0. The second-order valence-electron chi connectivity index (χ2n) is 4.82. The smallest absolute Gasteiger partial charge is 0.283 e. The van der Waals surface area contributed by atoms with Gasteiger partial charge in [0.25, 0.3) is 6.17 Å². The molecule has 0 spiro atoms. The van der Waals surface area contributed by atoms with E-state index in [1.165, 1.54) is 0 Å². The number of alkyl halides is 16. The third-order valence-corrected chi connectivity index (χ3v) is 4.17. The van der Waals surface area contributed by atoms with Gasteiger partial charge in [-0.1, -0.05) is 0 Å². The van der Waals surface area contributed by atoms with Gasteiger partial charge in [0, 0.05) is 0 Å². The van der Waals surface area contributed by atoms with E-state index in [4.69, 9.17) is 4.55 Å². The van der Waals surface area contributed by atoms with Crippen molar-refractivity contribution in [2.45, 2.75) is 47.2 Å². The van der Waals surface area contributed by atoms with Crippen molar-refractivity contribution < 1.29 is 83.2 Å². The zero-order valence-electron chi connectivity index (χ0n) is 11.8. The van der Waals surface area contributed by atoms with Crippen LogP contribution in [0.1, 0.15) is 0 Å². The third kappa shape index (κ3) is 3.34. The largest absolute Gasteiger partial charge is 0.460 e. The third-order valence-electron chi connectivity index (χ3n) is 2.96. The highest BCUT2D eigenvalue weighted by atomic mass is 32.2. The van der Waals surface area contributed by atoms with Crippen molar-refractivity contribution in [3.8, 4) is 0 Å². The summed E-state index contributed by atoms with van der Waals surface area (Å²) in [5.74, 6) is -34.0. The predicted molar refractivity (Wildman–Crippen MR) is 52.2 cm³/mol. The molecule has 0 heterocycles. The molecule has 0 rings (SSSR count). The van der Waals surface area contributed by atoms with E-state index >= 15 is 0 Å². The Morgan fingerprint density at radius 2 is 0.857 bits per heavy atom. The lowest BCUT2D eigenvalue weighted by atomic mass is 9.93. The molecule has 2 atom stereocenters. The van der Waals surface area contributed by atoms with Crippen molar-refractivity contribution in [3.05, 3.63) is 0 Å². The molecule has 1 N–H and O–H groups in total. The Morgan fingerprint density at radius 1 is 0.571 bits per heavy atom. The average Bonchev–Trinajstić information content (AvgIpc) is 2.41. The summed E-state index contributed by atoms with van der Waals surface area (Å²) in [7, 11) is -8.18. The molecule has 28 heavy (non-hydrogen) atoms. The predicted octanol–water partition coefficient (Wildman–Crippen LogP) is 4.54. The van der Waals surface area contributed by atoms with Crippen LogP contribution in [0.2, 0.25) is 0 Å². The molecule has 0 fully saturated rings. The van der Waals surface area contributed by atoms with E-state index in [2.05, 4.69) is 0 Å². The molecular formula is C8H2F16O3S. The van der Waals surface area contributed by atoms with E-state index in [1.807, 2.05) is 0 Å². The summed E-state index contributed by atoms with van der Waals surface area (Å²) in [6, 6.07) is 0. The van der Waals surface area contributed by atoms with Gasteiger partial charge >= 0.3 is 51.2 Å². The number of halogens is 16. The molecule has 0 radical (unpaired) electrons. The molecule has 0 aliphatic rings. The molecule has 0 aliphatic heterocycles. The van der Waals surface area contributed by atoms with Gasteiger partial charge in [0.1, 0.15) is 0 Å². The molecule has 0 aromatic carbocycles. The fourth-order valence-corrected chi connectivity index (χ4v) is 2.30. The first kappa shape index (κ1) is 26.8. The summed E-state index contributed by atoms with van der Waals surface area (Å²) in [5, 5.41) is -7.87. The summed E-state index contributed by atoms with van der Waals surface area (Å²) in [5.41, 5.74) is 0. The molecule has 170 valence electrons. The number of rotatable bonds is 6. The maximum atomic E-state index is 13.7. The Labute approximate surface area is 142 Å². The highest BCUT2D eigenvalue weighted by Gasteiger charge is 2.94. The number of hydrogen-bond acceptors (Lipinski definition) is 2. The minimum atomic E-state index is -8.67. The van der Waals surface area contributed by atoms with E-state index < -0.39 is 57.3 Å². The molecule has 0 aromatic heterocycles. The summed E-state index contributed by atoms with van der Waals surface area (Å²) in [6.45, 7) is 0. The molecule has 0 bridgehead atoms. The quantitative estimate of drug-likeness (QED) is 0.447. The van der Waals surface area contributed by atoms with Crippen LogP contribution in [0.5, 0.6) is 0 Å². The Hall–Kier alpha value is -1.21. The molecular weight excluding hydrogens is 480 g/mol. The van der Waals surface area contributed by atoms with Crippen LogP contribution in [0, 0.1) is 0 Å². The van der Waals surface area contributed by atoms with Gasteiger partial charge in [0.15, 0.2) is 0 Å². The van der Waals surface area contributed by atoms with Crippen LogP contribution in [-0.2, 0) is 10.1 Å². The Balaban J connectivity index is 7.06. The Kier molecular flexibility index (Phi) is 6.12. The molecule has 0 aliphatic carbocycles. The van der Waals surface area contributed by atoms with Crippen LogP contribution < -0.4 is 0 Å². The first-order valence-electron chi connectivity index (χ1n) is 5.60. The van der Waals surface area contributed by atoms with Gasteiger partial charge in [-0.3, -0.25) is 4.55 Å². The summed E-state index contributed by atoms with van der Waals surface area (Å²) in [4.78, 5) is 0. The van der Waals surface area contributed by atoms with E-state index in [9.17, 15) is 78.7 Å². The molecule has 0 saturated heterocycles. The first-order valence-corrected chi connectivity index (χ1v) is 7.04. The lowest BCUT2D eigenvalue weighted by Crippen LogP contribution is -2.74. The van der Waals surface area contributed by atoms with Gasteiger partial charge in [0.05, 0.1) is 0 Å². The Bertz CT molecular complexity index is 690. The zero-order chi connectivity index (χ0) is 23.6. The van der Waals surface area contributed by atoms with E-state index in [0.29, 0.717) is 0 Å². The topological polar surface area (TPSA) is 54.4 Å². The van der Waals surface area contributed by atoms with Crippen LogP contribution in [0.3, 0.4) is 0 Å². The van der Waals surface area contributed by atoms with Crippen LogP contribution in [0.15, 0.2) is 0 Å². The summed E-state index contributed by atoms with van der Waals surface area (Å²) in [6.07, 6.45) is -21.6. The fourth-order valence-electron chi connectivity index (χ4n) is 1.45. The van der Waals surface area contributed by atoms with E-state index in [0.717, 1.165) is 0 Å². The molecule has 0 amide bonds. The van der Waals surface area contributed by atoms with Gasteiger partial charge in [-0.05, 0) is 0 Å². The van der Waals surface area contributed by atoms with Crippen molar-refractivity contribution in [2.24, 2.45) is 0 Å². The van der Waals surface area contributed by atoms with Crippen molar-refractivity contribution in [1.82, 2.24) is 0 Å². The van der Waals surface area contributed by atoms with Crippen molar-refractivity contribution in [2.75, 3.05) is 0 Å². The van der Waals surface area contributed by atoms with Crippen LogP contribution in [0.25, 0.3) is 0 Å². The maximum Gasteiger partial charge on any atom is 0.460 e. The van der Waals surface area contributed by atoms with Crippen molar-refractivity contribution >= 4 is 10.1 Å². The zero-order valence-corrected chi connectivity index (χ0v) is 12.6. The lowest BCUT2D eigenvalue weighted by molar-refractivity contribution is -0.432. The van der Waals surface area contributed by atoms with E-state index in [1.54, 1.807) is 0 Å². The van der Waals surface area contributed by atoms with Gasteiger partial charge in [-0.25, -0.2) is 8.78 Å². The van der Waals surface area contributed by atoms with E-state index in [-0.39, 0.29) is 0 Å². The van der Waals surface area contributed by atoms with Crippen LogP contribution in [0.4, 0.5) is 70.2 Å². The molecule has 0 saturated carbocycles. The second kappa shape index (κ2) is 6.39. The second-order valence-corrected chi connectivity index (χ2v) is 6.36. The highest BCUT2D eigenvalue weighted by molar-refractivity contribution is 7.87. The highest BCUT2D eigenvalue weighted by Crippen LogP contribution is 2.62. The van der Waals surface area contributed by atoms with Crippen molar-refractivity contribution in [3.63, 3.8) is 0 Å². The molecule has 2 unspecified atom stereocenters. The summed E-state index contributed by atoms with van der Waals surface area (Å²) < 4.78 is 231. The maximum absolute atomic E-state index is 13.7. The number of hydrogen-bond donors (Lipinski definition) is 1. The van der Waals surface area contributed by atoms with Crippen molar-refractivity contribution in [1.29, 1.82) is 0 Å². The average molecular weight is 482 g/mol. The fraction of sp³-hybridized carbons (Fsp3) is 1.00.